The van der Waals surface area contributed by atoms with E-state index in [9.17, 15) is 0 Å². The molecule has 0 radical (unpaired) electrons. The number of nitrogens with zero attached hydrogens (tertiary/aromatic N) is 2. The minimum absolute atomic E-state index is 0.241. The van der Waals surface area contributed by atoms with Crippen LogP contribution in [0.2, 0.25) is 0 Å². The summed E-state index contributed by atoms with van der Waals surface area (Å²) < 4.78 is 7.65. The number of hydrogen-bond donors (Lipinski definition) is 1. The van der Waals surface area contributed by atoms with E-state index in [0.717, 1.165) is 38.3 Å². The van der Waals surface area contributed by atoms with E-state index in [0.29, 0.717) is 6.04 Å². The highest BCUT2D eigenvalue weighted by molar-refractivity contribution is 5.12. The summed E-state index contributed by atoms with van der Waals surface area (Å²) in [6.07, 6.45) is 2.18. The quantitative estimate of drug-likeness (QED) is 0.865. The lowest BCUT2D eigenvalue weighted by molar-refractivity contribution is 0.146. The molecule has 4 nitrogen and oxygen atoms in total. The predicted octanol–water partition coefficient (Wildman–Crippen LogP) is 1.68. The molecule has 2 heterocycles. The molecular formula is C14H25N3O. The van der Waals surface area contributed by atoms with Crippen LogP contribution in [0.3, 0.4) is 0 Å². The summed E-state index contributed by atoms with van der Waals surface area (Å²) in [5.74, 6) is 0. The van der Waals surface area contributed by atoms with Crippen molar-refractivity contribution in [3.63, 3.8) is 0 Å². The predicted molar refractivity (Wildman–Crippen MR) is 72.7 cm³/mol. The lowest BCUT2D eigenvalue weighted by Gasteiger charge is -2.28. The van der Waals surface area contributed by atoms with Crippen molar-refractivity contribution in [1.82, 2.24) is 15.1 Å². The third kappa shape index (κ3) is 3.12. The van der Waals surface area contributed by atoms with Gasteiger partial charge in [-0.1, -0.05) is 13.8 Å². The molecule has 1 atom stereocenters. The van der Waals surface area contributed by atoms with Gasteiger partial charge in [0.1, 0.15) is 0 Å². The van der Waals surface area contributed by atoms with E-state index in [1.807, 2.05) is 18.7 Å². The SMILES string of the molecule is Cc1cc(CC2(CNC(C)C)CCOC2)n(C)n1. The van der Waals surface area contributed by atoms with Crippen LogP contribution in [0.15, 0.2) is 6.07 Å². The maximum absolute atomic E-state index is 5.64. The minimum atomic E-state index is 0.241. The van der Waals surface area contributed by atoms with Gasteiger partial charge in [0.15, 0.2) is 0 Å². The van der Waals surface area contributed by atoms with E-state index in [1.165, 1.54) is 5.69 Å². The van der Waals surface area contributed by atoms with E-state index in [-0.39, 0.29) is 5.41 Å². The number of ether oxygens (including phenoxy) is 1. The van der Waals surface area contributed by atoms with Gasteiger partial charge in [-0.05, 0) is 25.8 Å². The third-order valence-electron chi connectivity index (χ3n) is 3.73. The molecule has 18 heavy (non-hydrogen) atoms. The molecule has 0 saturated carbocycles. The molecule has 4 heteroatoms. The Bertz CT molecular complexity index is 392. The molecule has 102 valence electrons. The van der Waals surface area contributed by atoms with Gasteiger partial charge >= 0.3 is 0 Å². The van der Waals surface area contributed by atoms with Crippen LogP contribution in [-0.2, 0) is 18.2 Å². The largest absolute Gasteiger partial charge is 0.381 e. The van der Waals surface area contributed by atoms with Crippen LogP contribution < -0.4 is 5.32 Å². The molecule has 1 saturated heterocycles. The Morgan fingerprint density at radius 2 is 2.33 bits per heavy atom. The van der Waals surface area contributed by atoms with Crippen LogP contribution >= 0.6 is 0 Å². The Morgan fingerprint density at radius 1 is 1.56 bits per heavy atom. The molecule has 2 rings (SSSR count). The van der Waals surface area contributed by atoms with Crippen LogP contribution in [0.5, 0.6) is 0 Å². The summed E-state index contributed by atoms with van der Waals surface area (Å²) >= 11 is 0. The van der Waals surface area contributed by atoms with Gasteiger partial charge in [0.2, 0.25) is 0 Å². The van der Waals surface area contributed by atoms with Gasteiger partial charge in [0, 0.05) is 37.4 Å². The zero-order valence-corrected chi connectivity index (χ0v) is 12.0. The summed E-state index contributed by atoms with van der Waals surface area (Å²) in [6.45, 7) is 9.20. The van der Waals surface area contributed by atoms with E-state index in [4.69, 9.17) is 4.74 Å². The highest BCUT2D eigenvalue weighted by Crippen LogP contribution is 2.32. The van der Waals surface area contributed by atoms with Crippen LogP contribution in [-0.4, -0.2) is 35.6 Å². The average molecular weight is 251 g/mol. The fourth-order valence-electron chi connectivity index (χ4n) is 2.63. The first-order valence-electron chi connectivity index (χ1n) is 6.81. The molecule has 0 aliphatic carbocycles. The highest BCUT2D eigenvalue weighted by atomic mass is 16.5. The van der Waals surface area contributed by atoms with Crippen molar-refractivity contribution in [3.8, 4) is 0 Å². The van der Waals surface area contributed by atoms with Gasteiger partial charge in [-0.3, -0.25) is 4.68 Å². The number of aryl methyl sites for hydroxylation is 2. The average Bonchev–Trinajstić information content (AvgIpc) is 2.85. The van der Waals surface area contributed by atoms with E-state index in [1.54, 1.807) is 0 Å². The van der Waals surface area contributed by atoms with Gasteiger partial charge in [0.25, 0.3) is 0 Å². The number of aromatic nitrogens is 2. The zero-order chi connectivity index (χ0) is 13.2. The van der Waals surface area contributed by atoms with Crippen molar-refractivity contribution in [2.24, 2.45) is 12.5 Å². The molecular weight excluding hydrogens is 226 g/mol. The van der Waals surface area contributed by atoms with Crippen molar-refractivity contribution in [1.29, 1.82) is 0 Å². The van der Waals surface area contributed by atoms with Crippen molar-refractivity contribution >= 4 is 0 Å². The molecule has 0 amide bonds. The first-order valence-corrected chi connectivity index (χ1v) is 6.81. The smallest absolute Gasteiger partial charge is 0.0596 e. The summed E-state index contributed by atoms with van der Waals surface area (Å²) in [5.41, 5.74) is 2.65. The molecule has 1 unspecified atom stereocenters. The topological polar surface area (TPSA) is 39.1 Å². The summed E-state index contributed by atoms with van der Waals surface area (Å²) in [4.78, 5) is 0. The first kappa shape index (κ1) is 13.6. The van der Waals surface area contributed by atoms with E-state index < -0.39 is 0 Å². The Labute approximate surface area is 110 Å². The lowest BCUT2D eigenvalue weighted by Crippen LogP contribution is -2.40. The minimum Gasteiger partial charge on any atom is -0.381 e. The van der Waals surface area contributed by atoms with Crippen LogP contribution in [0.25, 0.3) is 0 Å². The fourth-order valence-corrected chi connectivity index (χ4v) is 2.63. The van der Waals surface area contributed by atoms with Crippen LogP contribution in [0.1, 0.15) is 31.7 Å². The Kier molecular flexibility index (Phi) is 4.07. The molecule has 1 N–H and O–H groups in total. The molecule has 0 spiro atoms. The second-order valence-corrected chi connectivity index (χ2v) is 5.92. The summed E-state index contributed by atoms with van der Waals surface area (Å²) in [6, 6.07) is 2.71. The van der Waals surface area contributed by atoms with Crippen molar-refractivity contribution < 1.29 is 4.74 Å². The Morgan fingerprint density at radius 3 is 2.83 bits per heavy atom. The van der Waals surface area contributed by atoms with E-state index in [2.05, 4.69) is 30.3 Å². The van der Waals surface area contributed by atoms with Gasteiger partial charge in [0.05, 0.1) is 12.3 Å². The second-order valence-electron chi connectivity index (χ2n) is 5.92. The van der Waals surface area contributed by atoms with Gasteiger partial charge < -0.3 is 10.1 Å². The number of nitrogens with one attached hydrogen (secondary N) is 1. The summed E-state index contributed by atoms with van der Waals surface area (Å²) in [7, 11) is 2.03. The van der Waals surface area contributed by atoms with Gasteiger partial charge in [-0.15, -0.1) is 0 Å². The molecule has 1 aliphatic rings. The highest BCUT2D eigenvalue weighted by Gasteiger charge is 2.35. The monoisotopic (exact) mass is 251 g/mol. The molecule has 1 aromatic heterocycles. The maximum Gasteiger partial charge on any atom is 0.0596 e. The van der Waals surface area contributed by atoms with Gasteiger partial charge in [-0.2, -0.15) is 5.10 Å². The van der Waals surface area contributed by atoms with Crippen molar-refractivity contribution in [2.45, 2.75) is 39.7 Å². The van der Waals surface area contributed by atoms with Gasteiger partial charge in [-0.25, -0.2) is 0 Å². The van der Waals surface area contributed by atoms with Crippen molar-refractivity contribution in [2.75, 3.05) is 19.8 Å². The van der Waals surface area contributed by atoms with Crippen LogP contribution in [0.4, 0.5) is 0 Å². The van der Waals surface area contributed by atoms with E-state index >= 15 is 0 Å². The number of hydrogen-bond acceptors (Lipinski definition) is 3. The first-order chi connectivity index (χ1) is 8.51. The van der Waals surface area contributed by atoms with Crippen molar-refractivity contribution in [3.05, 3.63) is 17.5 Å². The molecule has 0 bridgehead atoms. The number of rotatable bonds is 5. The third-order valence-corrected chi connectivity index (χ3v) is 3.73. The molecule has 1 aromatic rings. The van der Waals surface area contributed by atoms with Crippen LogP contribution in [0, 0.1) is 12.3 Å². The Hall–Kier alpha value is -0.870. The maximum atomic E-state index is 5.64. The standard InChI is InChI=1S/C14H25N3O/c1-11(2)15-9-14(5-6-18-10-14)8-13-7-12(3)16-17(13)4/h7,11,15H,5-6,8-10H2,1-4H3. The summed E-state index contributed by atoms with van der Waals surface area (Å²) in [5, 5.41) is 8.00. The Balaban J connectivity index is 2.08. The molecule has 0 aromatic carbocycles. The lowest BCUT2D eigenvalue weighted by atomic mass is 9.82. The fraction of sp³-hybridized carbons (Fsp3) is 0.786. The zero-order valence-electron chi connectivity index (χ0n) is 12.0. The normalized spacial score (nSPS) is 24.1. The second kappa shape index (κ2) is 5.41. The molecule has 1 aliphatic heterocycles. The molecule has 1 fully saturated rings.